The molecule has 0 aliphatic heterocycles. The average molecular weight is 444 g/mol. The number of rotatable bonds is 7. The molecule has 27 heavy (non-hydrogen) atoms. The van der Waals surface area contributed by atoms with Crippen LogP contribution in [0.25, 0.3) is 16.3 Å². The van der Waals surface area contributed by atoms with E-state index in [1.165, 1.54) is 0 Å². The van der Waals surface area contributed by atoms with Crippen LogP contribution in [0.2, 0.25) is 0 Å². The maximum absolute atomic E-state index is 12.9. The van der Waals surface area contributed by atoms with Gasteiger partial charge in [0.15, 0.2) is 5.13 Å². The first-order valence-electron chi connectivity index (χ1n) is 8.78. The van der Waals surface area contributed by atoms with Crippen LogP contribution in [-0.2, 0) is 4.79 Å². The molecule has 0 bridgehead atoms. The molecule has 0 aliphatic rings. The van der Waals surface area contributed by atoms with Crippen molar-refractivity contribution in [2.75, 3.05) is 32.1 Å². The minimum absolute atomic E-state index is 0.0456. The molecule has 140 valence electrons. The molecule has 4 nitrogen and oxygen atoms in total. The molecule has 0 atom stereocenters. The second kappa shape index (κ2) is 9.26. The quantitative estimate of drug-likeness (QED) is 0.478. The van der Waals surface area contributed by atoms with Gasteiger partial charge in [-0.3, -0.25) is 9.69 Å². The zero-order valence-corrected chi connectivity index (χ0v) is 17.8. The maximum atomic E-state index is 12.9. The molecule has 0 spiro atoms. The fraction of sp³-hybridized carbons (Fsp3) is 0.238. The van der Waals surface area contributed by atoms with E-state index in [1.807, 2.05) is 68.7 Å². The highest BCUT2D eigenvalue weighted by atomic mass is 79.9. The van der Waals surface area contributed by atoms with Gasteiger partial charge in [0, 0.05) is 17.1 Å². The Balaban J connectivity index is 1.84. The van der Waals surface area contributed by atoms with E-state index in [1.54, 1.807) is 22.3 Å². The van der Waals surface area contributed by atoms with Crippen molar-refractivity contribution in [1.82, 2.24) is 9.88 Å². The van der Waals surface area contributed by atoms with Crippen LogP contribution >= 0.6 is 27.3 Å². The molecule has 2 aromatic carbocycles. The second-order valence-electron chi connectivity index (χ2n) is 6.50. The first-order chi connectivity index (χ1) is 13.0. The zero-order chi connectivity index (χ0) is 19.2. The summed E-state index contributed by atoms with van der Waals surface area (Å²) in [5.74, 6) is -0.0456. The Bertz CT molecular complexity index is 937. The van der Waals surface area contributed by atoms with Crippen LogP contribution in [0.5, 0.6) is 0 Å². The van der Waals surface area contributed by atoms with E-state index in [0.717, 1.165) is 38.3 Å². The Kier molecular flexibility index (Phi) is 6.77. The number of benzene rings is 2. The van der Waals surface area contributed by atoms with Crippen LogP contribution < -0.4 is 4.90 Å². The first-order valence-corrected chi connectivity index (χ1v) is 10.4. The number of anilines is 1. The van der Waals surface area contributed by atoms with Crippen molar-refractivity contribution in [2.45, 2.75) is 6.42 Å². The van der Waals surface area contributed by atoms with Crippen molar-refractivity contribution in [2.24, 2.45) is 0 Å². The summed E-state index contributed by atoms with van der Waals surface area (Å²) in [6.45, 7) is 1.56. The topological polar surface area (TPSA) is 36.4 Å². The molecule has 0 saturated heterocycles. The molecular weight excluding hydrogens is 422 g/mol. The minimum atomic E-state index is -0.0456. The van der Waals surface area contributed by atoms with Crippen molar-refractivity contribution >= 4 is 54.6 Å². The molecule has 0 radical (unpaired) electrons. The van der Waals surface area contributed by atoms with Crippen molar-refractivity contribution < 1.29 is 4.79 Å². The van der Waals surface area contributed by atoms with E-state index in [0.29, 0.717) is 6.54 Å². The molecule has 3 rings (SSSR count). The maximum Gasteiger partial charge on any atom is 0.252 e. The number of hydrogen-bond donors (Lipinski definition) is 0. The lowest BCUT2D eigenvalue weighted by molar-refractivity contribution is -0.114. The predicted octanol–water partition coefficient (Wildman–Crippen LogP) is 5.06. The molecule has 3 aromatic rings. The lowest BCUT2D eigenvalue weighted by Crippen LogP contribution is -2.32. The molecule has 1 aromatic heterocycles. The lowest BCUT2D eigenvalue weighted by Gasteiger charge is -2.19. The molecule has 6 heteroatoms. The van der Waals surface area contributed by atoms with E-state index in [9.17, 15) is 4.79 Å². The Morgan fingerprint density at radius 2 is 1.93 bits per heavy atom. The number of carbonyl (C=O) groups is 1. The highest BCUT2D eigenvalue weighted by Crippen LogP contribution is 2.31. The van der Waals surface area contributed by atoms with Gasteiger partial charge in [0.25, 0.3) is 5.91 Å². The number of fused-ring (bicyclic) bond motifs is 1. The fourth-order valence-corrected chi connectivity index (χ4v) is 4.22. The van der Waals surface area contributed by atoms with Crippen LogP contribution in [0.4, 0.5) is 5.13 Å². The minimum Gasteiger partial charge on any atom is -0.309 e. The van der Waals surface area contributed by atoms with Gasteiger partial charge in [0.1, 0.15) is 0 Å². The molecule has 0 fully saturated rings. The summed E-state index contributed by atoms with van der Waals surface area (Å²) in [6.07, 6.45) is 4.37. The van der Waals surface area contributed by atoms with E-state index in [4.69, 9.17) is 0 Å². The number of nitrogens with zero attached hydrogens (tertiary/aromatic N) is 3. The van der Waals surface area contributed by atoms with Crippen LogP contribution in [0, 0.1) is 0 Å². The lowest BCUT2D eigenvalue weighted by atomic mass is 10.2. The highest BCUT2D eigenvalue weighted by Gasteiger charge is 2.17. The number of hydrogen-bond acceptors (Lipinski definition) is 4. The Labute approximate surface area is 172 Å². The van der Waals surface area contributed by atoms with Gasteiger partial charge in [0.05, 0.1) is 10.2 Å². The third-order valence-corrected chi connectivity index (χ3v) is 5.58. The smallest absolute Gasteiger partial charge is 0.252 e. The largest absolute Gasteiger partial charge is 0.309 e. The van der Waals surface area contributed by atoms with Crippen molar-refractivity contribution in [3.05, 3.63) is 64.6 Å². The third-order valence-electron chi connectivity index (χ3n) is 4.04. The summed E-state index contributed by atoms with van der Waals surface area (Å²) >= 11 is 5.04. The van der Waals surface area contributed by atoms with Gasteiger partial charge in [-0.1, -0.05) is 57.6 Å². The Morgan fingerprint density at radius 3 is 2.67 bits per heavy atom. The van der Waals surface area contributed by atoms with Gasteiger partial charge in [-0.2, -0.15) is 0 Å². The standard InChI is InChI=1S/C21H22BrN3OS/c1-24(2)13-6-14-25(20(26)12-9-16-7-4-3-5-8-16)21-23-18-11-10-17(22)15-19(18)27-21/h3-5,7-12,15H,6,13-14H2,1-2H3. The van der Waals surface area contributed by atoms with Crippen molar-refractivity contribution in [3.63, 3.8) is 0 Å². The summed E-state index contributed by atoms with van der Waals surface area (Å²) in [6, 6.07) is 15.8. The van der Waals surface area contributed by atoms with Gasteiger partial charge in [-0.25, -0.2) is 4.98 Å². The van der Waals surface area contributed by atoms with Gasteiger partial charge in [0.2, 0.25) is 0 Å². The zero-order valence-electron chi connectivity index (χ0n) is 15.4. The number of aromatic nitrogens is 1. The summed E-state index contributed by atoms with van der Waals surface area (Å²) in [7, 11) is 4.08. The van der Waals surface area contributed by atoms with Crippen molar-refractivity contribution in [3.8, 4) is 0 Å². The van der Waals surface area contributed by atoms with E-state index < -0.39 is 0 Å². The number of thiazole rings is 1. The van der Waals surface area contributed by atoms with Crippen LogP contribution in [0.3, 0.4) is 0 Å². The molecule has 1 amide bonds. The fourth-order valence-electron chi connectivity index (χ4n) is 2.67. The summed E-state index contributed by atoms with van der Waals surface area (Å²) < 4.78 is 2.08. The molecule has 0 unspecified atom stereocenters. The number of carbonyl (C=O) groups excluding carboxylic acids is 1. The van der Waals surface area contributed by atoms with E-state index in [2.05, 4.69) is 25.8 Å². The van der Waals surface area contributed by atoms with Crippen LogP contribution in [-0.4, -0.2) is 43.0 Å². The van der Waals surface area contributed by atoms with Crippen molar-refractivity contribution in [1.29, 1.82) is 0 Å². The Hall–Kier alpha value is -2.02. The van der Waals surface area contributed by atoms with E-state index >= 15 is 0 Å². The van der Waals surface area contributed by atoms with Crippen LogP contribution in [0.1, 0.15) is 12.0 Å². The molecule has 0 aliphatic carbocycles. The SMILES string of the molecule is CN(C)CCCN(C(=O)C=Cc1ccccc1)c1nc2ccc(Br)cc2s1. The number of amides is 1. The summed E-state index contributed by atoms with van der Waals surface area (Å²) in [5.41, 5.74) is 1.92. The molecule has 0 saturated carbocycles. The number of halogens is 1. The normalized spacial score (nSPS) is 11.6. The van der Waals surface area contributed by atoms with Gasteiger partial charge < -0.3 is 4.90 Å². The molecular formula is C21H22BrN3OS. The van der Waals surface area contributed by atoms with Gasteiger partial charge >= 0.3 is 0 Å². The summed E-state index contributed by atoms with van der Waals surface area (Å²) in [5, 5.41) is 0.740. The predicted molar refractivity (Wildman–Crippen MR) is 118 cm³/mol. The van der Waals surface area contributed by atoms with Gasteiger partial charge in [-0.05, 0) is 56.9 Å². The average Bonchev–Trinajstić information content (AvgIpc) is 3.06. The van der Waals surface area contributed by atoms with E-state index in [-0.39, 0.29) is 5.91 Å². The first kappa shape index (κ1) is 19.7. The van der Waals surface area contributed by atoms with Crippen LogP contribution in [0.15, 0.2) is 59.1 Å². The second-order valence-corrected chi connectivity index (χ2v) is 8.42. The third kappa shape index (κ3) is 5.48. The van der Waals surface area contributed by atoms with Gasteiger partial charge in [-0.15, -0.1) is 0 Å². The summed E-state index contributed by atoms with van der Waals surface area (Å²) in [4.78, 5) is 21.5. The highest BCUT2D eigenvalue weighted by molar-refractivity contribution is 9.10. The molecule has 0 N–H and O–H groups in total. The monoisotopic (exact) mass is 443 g/mol. The Morgan fingerprint density at radius 1 is 1.15 bits per heavy atom. The molecule has 1 heterocycles.